The monoisotopic (exact) mass is 390 g/mol. The van der Waals surface area contributed by atoms with Crippen LogP contribution < -0.4 is 15.0 Å². The summed E-state index contributed by atoms with van der Waals surface area (Å²) >= 11 is 0. The molecule has 2 aromatic carbocycles. The topological polar surface area (TPSA) is 70.7 Å². The predicted molar refractivity (Wildman–Crippen MR) is 110 cm³/mol. The third-order valence-corrected chi connectivity index (χ3v) is 5.30. The first-order valence-electron chi connectivity index (χ1n) is 9.78. The number of benzene rings is 2. The Bertz CT molecular complexity index is 1300. The molecule has 1 aliphatic heterocycles. The lowest BCUT2D eigenvalue weighted by molar-refractivity contribution is 0.131. The van der Waals surface area contributed by atoms with Crippen LogP contribution in [0.15, 0.2) is 47.3 Å². The summed E-state index contributed by atoms with van der Waals surface area (Å²) in [6.07, 6.45) is 0.848. The standard InChI is InChI=1S/C22H22N4O3/c1-4-25-20(27)15-9-5-6-10-16(15)26-18(23-24-21(25)26)13-28-17-11-7-8-14-12-22(2,3)29-19(14)17/h5-11H,4,12-13H2,1-3H3. The van der Waals surface area contributed by atoms with Gasteiger partial charge in [-0.15, -0.1) is 10.2 Å². The average Bonchev–Trinajstić information content (AvgIpc) is 3.26. The van der Waals surface area contributed by atoms with Gasteiger partial charge in [-0.3, -0.25) is 13.8 Å². The molecule has 0 unspecified atom stereocenters. The Balaban J connectivity index is 1.58. The number of aromatic nitrogens is 4. The summed E-state index contributed by atoms with van der Waals surface area (Å²) in [6.45, 7) is 6.79. The maximum absolute atomic E-state index is 12.8. The number of ether oxygens (including phenoxy) is 2. The van der Waals surface area contributed by atoms with Crippen LogP contribution in [0.5, 0.6) is 11.5 Å². The Morgan fingerprint density at radius 3 is 2.79 bits per heavy atom. The number of para-hydroxylation sites is 2. The van der Waals surface area contributed by atoms with Crippen molar-refractivity contribution in [2.24, 2.45) is 0 Å². The zero-order valence-corrected chi connectivity index (χ0v) is 16.7. The molecule has 7 heteroatoms. The van der Waals surface area contributed by atoms with Gasteiger partial charge in [-0.2, -0.15) is 0 Å². The Hall–Kier alpha value is -3.35. The summed E-state index contributed by atoms with van der Waals surface area (Å²) in [5.74, 6) is 2.64. The van der Waals surface area contributed by atoms with Crippen LogP contribution in [0.4, 0.5) is 0 Å². The average molecular weight is 390 g/mol. The molecule has 2 aromatic heterocycles. The van der Waals surface area contributed by atoms with Gasteiger partial charge in [-0.25, -0.2) is 0 Å². The van der Waals surface area contributed by atoms with Crippen molar-refractivity contribution in [2.45, 2.75) is 45.9 Å². The number of aryl methyl sites for hydroxylation is 1. The molecule has 0 spiro atoms. The van der Waals surface area contributed by atoms with Crippen LogP contribution in [0.2, 0.25) is 0 Å². The molecule has 0 bridgehead atoms. The fraction of sp³-hybridized carbons (Fsp3) is 0.318. The van der Waals surface area contributed by atoms with Gasteiger partial charge < -0.3 is 9.47 Å². The lowest BCUT2D eigenvalue weighted by atomic mass is 10.0. The van der Waals surface area contributed by atoms with E-state index in [1.165, 1.54) is 0 Å². The first-order valence-corrected chi connectivity index (χ1v) is 9.78. The van der Waals surface area contributed by atoms with Crippen molar-refractivity contribution in [3.05, 3.63) is 64.2 Å². The minimum atomic E-state index is -0.239. The highest BCUT2D eigenvalue weighted by atomic mass is 16.5. The fourth-order valence-electron chi connectivity index (χ4n) is 4.04. The first kappa shape index (κ1) is 17.7. The highest BCUT2D eigenvalue weighted by molar-refractivity contribution is 5.80. The van der Waals surface area contributed by atoms with Gasteiger partial charge in [0.1, 0.15) is 12.2 Å². The van der Waals surface area contributed by atoms with Crippen LogP contribution in [0.25, 0.3) is 16.7 Å². The van der Waals surface area contributed by atoms with Crippen LogP contribution in [0.1, 0.15) is 32.2 Å². The summed E-state index contributed by atoms with van der Waals surface area (Å²) in [5, 5.41) is 9.23. The lowest BCUT2D eigenvalue weighted by Gasteiger charge is -2.18. The smallest absolute Gasteiger partial charge is 0.262 e. The van der Waals surface area contributed by atoms with Crippen LogP contribution in [0.3, 0.4) is 0 Å². The molecule has 4 aromatic rings. The van der Waals surface area contributed by atoms with Crippen LogP contribution >= 0.6 is 0 Å². The van der Waals surface area contributed by atoms with Crippen molar-refractivity contribution in [3.63, 3.8) is 0 Å². The molecule has 29 heavy (non-hydrogen) atoms. The van der Waals surface area contributed by atoms with E-state index in [0.29, 0.717) is 29.3 Å². The van der Waals surface area contributed by atoms with Crippen molar-refractivity contribution < 1.29 is 9.47 Å². The zero-order valence-electron chi connectivity index (χ0n) is 16.7. The molecule has 0 aliphatic carbocycles. The number of hydrogen-bond donors (Lipinski definition) is 0. The molecule has 0 N–H and O–H groups in total. The second-order valence-electron chi connectivity index (χ2n) is 7.89. The van der Waals surface area contributed by atoms with Gasteiger partial charge >= 0.3 is 0 Å². The Labute approximate surface area is 167 Å². The minimum absolute atomic E-state index is 0.0630. The Kier molecular flexibility index (Phi) is 3.87. The molecular formula is C22H22N4O3. The summed E-state index contributed by atoms with van der Waals surface area (Å²) in [4.78, 5) is 12.8. The van der Waals surface area contributed by atoms with E-state index in [4.69, 9.17) is 9.47 Å². The van der Waals surface area contributed by atoms with Gasteiger partial charge in [0.25, 0.3) is 5.56 Å². The number of hydrogen-bond acceptors (Lipinski definition) is 5. The molecule has 148 valence electrons. The normalized spacial score (nSPS) is 14.9. The van der Waals surface area contributed by atoms with Gasteiger partial charge in [0.15, 0.2) is 17.3 Å². The molecular weight excluding hydrogens is 368 g/mol. The third kappa shape index (κ3) is 2.76. The second-order valence-corrected chi connectivity index (χ2v) is 7.89. The Morgan fingerprint density at radius 1 is 1.14 bits per heavy atom. The van der Waals surface area contributed by atoms with Gasteiger partial charge in [-0.1, -0.05) is 24.3 Å². The van der Waals surface area contributed by atoms with E-state index in [9.17, 15) is 4.79 Å². The number of fused-ring (bicyclic) bond motifs is 4. The fourth-order valence-corrected chi connectivity index (χ4v) is 4.04. The van der Waals surface area contributed by atoms with Gasteiger partial charge in [0.05, 0.1) is 10.9 Å². The molecule has 0 radical (unpaired) electrons. The van der Waals surface area contributed by atoms with E-state index in [1.54, 1.807) is 4.57 Å². The molecule has 0 saturated heterocycles. The third-order valence-electron chi connectivity index (χ3n) is 5.30. The summed E-state index contributed by atoms with van der Waals surface area (Å²) < 4.78 is 15.7. The van der Waals surface area contributed by atoms with Crippen molar-refractivity contribution in [3.8, 4) is 11.5 Å². The van der Waals surface area contributed by atoms with Crippen molar-refractivity contribution >= 4 is 16.7 Å². The first-order chi connectivity index (χ1) is 14.0. The second kappa shape index (κ2) is 6.34. The van der Waals surface area contributed by atoms with Crippen LogP contribution in [-0.4, -0.2) is 24.8 Å². The molecule has 3 heterocycles. The van der Waals surface area contributed by atoms with E-state index in [1.807, 2.05) is 47.7 Å². The summed E-state index contributed by atoms with van der Waals surface area (Å²) in [7, 11) is 0. The molecule has 0 atom stereocenters. The van der Waals surface area contributed by atoms with Gasteiger partial charge in [-0.05, 0) is 39.0 Å². The quantitative estimate of drug-likeness (QED) is 0.534. The van der Waals surface area contributed by atoms with E-state index in [2.05, 4.69) is 30.1 Å². The molecule has 5 rings (SSSR count). The molecule has 1 aliphatic rings. The van der Waals surface area contributed by atoms with Gasteiger partial charge in [0.2, 0.25) is 5.78 Å². The van der Waals surface area contributed by atoms with Crippen LogP contribution in [0, 0.1) is 0 Å². The lowest BCUT2D eigenvalue weighted by Crippen LogP contribution is -2.24. The van der Waals surface area contributed by atoms with E-state index in [-0.39, 0.29) is 17.8 Å². The van der Waals surface area contributed by atoms with Crippen LogP contribution in [-0.2, 0) is 19.6 Å². The number of rotatable bonds is 4. The maximum atomic E-state index is 12.8. The zero-order chi connectivity index (χ0) is 20.2. The number of nitrogens with zero attached hydrogens (tertiary/aromatic N) is 4. The molecule has 0 amide bonds. The van der Waals surface area contributed by atoms with E-state index < -0.39 is 0 Å². The Morgan fingerprint density at radius 2 is 1.97 bits per heavy atom. The van der Waals surface area contributed by atoms with Crippen molar-refractivity contribution in [1.82, 2.24) is 19.2 Å². The molecule has 7 nitrogen and oxygen atoms in total. The maximum Gasteiger partial charge on any atom is 0.262 e. The minimum Gasteiger partial charge on any atom is -0.483 e. The van der Waals surface area contributed by atoms with E-state index in [0.717, 1.165) is 23.3 Å². The van der Waals surface area contributed by atoms with Crippen molar-refractivity contribution in [2.75, 3.05) is 0 Å². The highest BCUT2D eigenvalue weighted by Crippen LogP contribution is 2.41. The van der Waals surface area contributed by atoms with Crippen molar-refractivity contribution in [1.29, 1.82) is 0 Å². The summed E-state index contributed by atoms with van der Waals surface area (Å²) in [5.41, 5.74) is 1.61. The SMILES string of the molecule is CCn1c(=O)c2ccccc2n2c(COc3cccc4c3OC(C)(C)C4)nnc12. The largest absolute Gasteiger partial charge is 0.483 e. The molecule has 0 fully saturated rings. The van der Waals surface area contributed by atoms with E-state index >= 15 is 0 Å². The molecule has 0 saturated carbocycles. The van der Waals surface area contributed by atoms with Gasteiger partial charge in [0, 0.05) is 18.5 Å². The predicted octanol–water partition coefficient (Wildman–Crippen LogP) is 3.36. The highest BCUT2D eigenvalue weighted by Gasteiger charge is 2.32. The summed E-state index contributed by atoms with van der Waals surface area (Å²) in [6, 6.07) is 13.5.